The summed E-state index contributed by atoms with van der Waals surface area (Å²) in [6.07, 6.45) is 3.22. The minimum Gasteiger partial charge on any atom is -0.495 e. The van der Waals surface area contributed by atoms with Crippen LogP contribution < -0.4 is 15.6 Å². The molecule has 2 aromatic heterocycles. The number of carbonyl (C=O) groups is 1. The summed E-state index contributed by atoms with van der Waals surface area (Å²) in [6, 6.07) is 12.2. The topological polar surface area (TPSA) is 78.2 Å². The average Bonchev–Trinajstić information content (AvgIpc) is 3.08. The SMILES string of the molecule is COc1ccc(NC(=O)Cn2cnc3c(-c4ccc(Cl)cc4)cn(C)c3c2=O)cc1Cl. The van der Waals surface area contributed by atoms with Gasteiger partial charge in [0.15, 0.2) is 0 Å². The number of aryl methyl sites for hydroxylation is 1. The number of carbonyl (C=O) groups excluding carboxylic acids is 1. The number of ether oxygens (including phenoxy) is 1. The first-order chi connectivity index (χ1) is 14.9. The van der Waals surface area contributed by atoms with Crippen LogP contribution in [0.2, 0.25) is 10.0 Å². The lowest BCUT2D eigenvalue weighted by Gasteiger charge is -2.09. The molecule has 158 valence electrons. The van der Waals surface area contributed by atoms with E-state index in [0.717, 1.165) is 11.1 Å². The van der Waals surface area contributed by atoms with Gasteiger partial charge in [-0.05, 0) is 35.9 Å². The number of amides is 1. The Morgan fingerprint density at radius 2 is 1.90 bits per heavy atom. The molecule has 0 atom stereocenters. The molecule has 0 radical (unpaired) electrons. The van der Waals surface area contributed by atoms with Crippen LogP contribution >= 0.6 is 23.2 Å². The normalized spacial score (nSPS) is 11.0. The molecule has 2 aromatic carbocycles. The lowest BCUT2D eigenvalue weighted by molar-refractivity contribution is -0.116. The molecule has 0 aliphatic rings. The van der Waals surface area contributed by atoms with Gasteiger partial charge in [-0.3, -0.25) is 14.2 Å². The molecule has 2 heterocycles. The van der Waals surface area contributed by atoms with Crippen LogP contribution in [0.3, 0.4) is 0 Å². The van der Waals surface area contributed by atoms with Gasteiger partial charge in [-0.25, -0.2) is 4.98 Å². The van der Waals surface area contributed by atoms with Crippen molar-refractivity contribution in [3.63, 3.8) is 0 Å². The van der Waals surface area contributed by atoms with Gasteiger partial charge in [0.05, 0.1) is 18.5 Å². The van der Waals surface area contributed by atoms with Gasteiger partial charge in [-0.2, -0.15) is 0 Å². The highest BCUT2D eigenvalue weighted by atomic mass is 35.5. The van der Waals surface area contributed by atoms with Crippen molar-refractivity contribution in [3.05, 3.63) is 75.4 Å². The van der Waals surface area contributed by atoms with E-state index in [1.165, 1.54) is 18.0 Å². The van der Waals surface area contributed by atoms with Crippen LogP contribution in [0.5, 0.6) is 5.75 Å². The van der Waals surface area contributed by atoms with E-state index in [-0.39, 0.29) is 18.0 Å². The first-order valence-corrected chi connectivity index (χ1v) is 10.1. The highest BCUT2D eigenvalue weighted by molar-refractivity contribution is 6.32. The summed E-state index contributed by atoms with van der Waals surface area (Å²) in [5.41, 5.74) is 2.88. The molecule has 1 amide bonds. The molecule has 0 fully saturated rings. The average molecular weight is 457 g/mol. The fourth-order valence-electron chi connectivity index (χ4n) is 3.37. The van der Waals surface area contributed by atoms with Gasteiger partial charge in [-0.15, -0.1) is 0 Å². The Balaban J connectivity index is 1.62. The van der Waals surface area contributed by atoms with E-state index in [4.69, 9.17) is 27.9 Å². The standard InChI is InChI=1S/C22H18Cl2N4O3/c1-27-10-16(13-3-5-14(23)6-4-13)20-21(27)22(30)28(12-25-20)11-19(29)26-15-7-8-18(31-2)17(24)9-15/h3-10,12H,11H2,1-2H3,(H,26,29). The number of fused-ring (bicyclic) bond motifs is 1. The fraction of sp³-hybridized carbons (Fsp3) is 0.136. The molecule has 1 N–H and O–H groups in total. The number of benzene rings is 2. The molecule has 0 saturated heterocycles. The number of halogens is 2. The third-order valence-electron chi connectivity index (χ3n) is 4.85. The zero-order valence-corrected chi connectivity index (χ0v) is 18.2. The van der Waals surface area contributed by atoms with Crippen molar-refractivity contribution in [2.24, 2.45) is 7.05 Å². The summed E-state index contributed by atoms with van der Waals surface area (Å²) in [5, 5.41) is 3.73. The highest BCUT2D eigenvalue weighted by Crippen LogP contribution is 2.29. The van der Waals surface area contributed by atoms with Gasteiger partial charge in [0.25, 0.3) is 5.56 Å². The molecule has 0 aliphatic carbocycles. The van der Waals surface area contributed by atoms with E-state index in [0.29, 0.717) is 32.5 Å². The van der Waals surface area contributed by atoms with Crippen molar-refractivity contribution in [2.45, 2.75) is 6.54 Å². The van der Waals surface area contributed by atoms with Crippen molar-refractivity contribution in [3.8, 4) is 16.9 Å². The lowest BCUT2D eigenvalue weighted by atomic mass is 10.1. The second-order valence-electron chi connectivity index (χ2n) is 6.93. The minimum absolute atomic E-state index is 0.188. The third-order valence-corrected chi connectivity index (χ3v) is 5.40. The van der Waals surface area contributed by atoms with Gasteiger partial charge in [0, 0.05) is 29.5 Å². The van der Waals surface area contributed by atoms with Crippen LogP contribution in [0.4, 0.5) is 5.69 Å². The first kappa shape index (κ1) is 21.0. The van der Waals surface area contributed by atoms with Gasteiger partial charge in [0.1, 0.15) is 23.3 Å². The highest BCUT2D eigenvalue weighted by Gasteiger charge is 2.16. The number of anilines is 1. The summed E-state index contributed by atoms with van der Waals surface area (Å²) < 4.78 is 8.09. The molecule has 0 bridgehead atoms. The number of nitrogens with one attached hydrogen (secondary N) is 1. The monoisotopic (exact) mass is 456 g/mol. The molecule has 0 unspecified atom stereocenters. The van der Waals surface area contributed by atoms with Crippen LogP contribution in [0, 0.1) is 0 Å². The zero-order chi connectivity index (χ0) is 22.1. The Morgan fingerprint density at radius 3 is 2.58 bits per heavy atom. The number of nitrogens with zero attached hydrogens (tertiary/aromatic N) is 3. The molecule has 0 saturated carbocycles. The molecule has 0 spiro atoms. The predicted molar refractivity (Wildman–Crippen MR) is 122 cm³/mol. The Morgan fingerprint density at radius 1 is 1.16 bits per heavy atom. The van der Waals surface area contributed by atoms with Gasteiger partial charge in [-0.1, -0.05) is 35.3 Å². The summed E-state index contributed by atoms with van der Waals surface area (Å²) in [7, 11) is 3.28. The van der Waals surface area contributed by atoms with Gasteiger partial charge in [0.2, 0.25) is 5.91 Å². The maximum absolute atomic E-state index is 13.0. The fourth-order valence-corrected chi connectivity index (χ4v) is 3.75. The number of hydrogen-bond acceptors (Lipinski definition) is 4. The Kier molecular flexibility index (Phi) is 5.71. The Bertz CT molecular complexity index is 1340. The molecule has 31 heavy (non-hydrogen) atoms. The van der Waals surface area contributed by atoms with Crippen LogP contribution in [-0.4, -0.2) is 27.1 Å². The molecule has 7 nitrogen and oxygen atoms in total. The maximum atomic E-state index is 13.0. The summed E-state index contributed by atoms with van der Waals surface area (Å²) in [5.74, 6) is 0.127. The van der Waals surface area contributed by atoms with Crippen LogP contribution in [0.1, 0.15) is 0 Å². The third kappa shape index (κ3) is 4.15. The number of aromatic nitrogens is 3. The molecule has 4 aromatic rings. The molecular weight excluding hydrogens is 439 g/mol. The van der Waals surface area contributed by atoms with Crippen molar-refractivity contribution < 1.29 is 9.53 Å². The van der Waals surface area contributed by atoms with Crippen LogP contribution in [0.25, 0.3) is 22.2 Å². The first-order valence-electron chi connectivity index (χ1n) is 9.31. The van der Waals surface area contributed by atoms with E-state index in [1.807, 2.05) is 18.3 Å². The zero-order valence-electron chi connectivity index (χ0n) is 16.7. The molecule has 0 aliphatic heterocycles. The molecule has 4 rings (SSSR count). The summed E-state index contributed by atoms with van der Waals surface area (Å²) in [4.78, 5) is 30.0. The van der Waals surface area contributed by atoms with Crippen molar-refractivity contribution in [1.29, 1.82) is 0 Å². The number of hydrogen-bond donors (Lipinski definition) is 1. The van der Waals surface area contributed by atoms with E-state index in [9.17, 15) is 9.59 Å². The second kappa shape index (κ2) is 8.45. The Labute approximate surface area is 187 Å². The van der Waals surface area contributed by atoms with Crippen LogP contribution in [0.15, 0.2) is 59.8 Å². The minimum atomic E-state index is -0.378. The quantitative estimate of drug-likeness (QED) is 0.483. The van der Waals surface area contributed by atoms with Crippen LogP contribution in [-0.2, 0) is 18.4 Å². The van der Waals surface area contributed by atoms with Crippen molar-refractivity contribution in [2.75, 3.05) is 12.4 Å². The van der Waals surface area contributed by atoms with Crippen molar-refractivity contribution >= 4 is 45.8 Å². The number of rotatable bonds is 5. The second-order valence-corrected chi connectivity index (χ2v) is 7.78. The lowest BCUT2D eigenvalue weighted by Crippen LogP contribution is -2.28. The number of methoxy groups -OCH3 is 1. The molecular formula is C22H18Cl2N4O3. The summed E-state index contributed by atoms with van der Waals surface area (Å²) in [6.45, 7) is -0.188. The van der Waals surface area contributed by atoms with Gasteiger partial charge >= 0.3 is 0 Å². The largest absolute Gasteiger partial charge is 0.495 e. The van der Waals surface area contributed by atoms with Gasteiger partial charge < -0.3 is 14.6 Å². The predicted octanol–water partition coefficient (Wildman–Crippen LogP) is 4.36. The van der Waals surface area contributed by atoms with E-state index >= 15 is 0 Å². The smallest absolute Gasteiger partial charge is 0.278 e. The van der Waals surface area contributed by atoms with E-state index in [1.54, 1.807) is 41.9 Å². The van der Waals surface area contributed by atoms with E-state index in [2.05, 4.69) is 10.3 Å². The van der Waals surface area contributed by atoms with Crippen molar-refractivity contribution in [1.82, 2.24) is 14.1 Å². The Hall–Kier alpha value is -3.29. The summed E-state index contributed by atoms with van der Waals surface area (Å²) >= 11 is 12.1. The van der Waals surface area contributed by atoms with E-state index < -0.39 is 0 Å². The maximum Gasteiger partial charge on any atom is 0.278 e. The molecule has 9 heteroatoms.